The first-order valence-electron chi connectivity index (χ1n) is 7.10. The Morgan fingerprint density at radius 1 is 1.09 bits per heavy atom. The number of nitrogens with one attached hydrogen (secondary N) is 3. The SMILES string of the molecule is C[C@@H](NC(=O)NCCNC(=O)c1ccc(F)cc1)C(=O)N(C)C. The van der Waals surface area contributed by atoms with Crippen LogP contribution in [0.25, 0.3) is 0 Å². The van der Waals surface area contributed by atoms with E-state index in [1.54, 1.807) is 21.0 Å². The van der Waals surface area contributed by atoms with Crippen LogP contribution >= 0.6 is 0 Å². The molecular weight excluding hydrogens is 303 g/mol. The Balaban J connectivity index is 2.26. The van der Waals surface area contributed by atoms with Gasteiger partial charge in [-0.05, 0) is 31.2 Å². The molecule has 0 heterocycles. The van der Waals surface area contributed by atoms with Gasteiger partial charge in [0.2, 0.25) is 5.91 Å². The molecule has 23 heavy (non-hydrogen) atoms. The van der Waals surface area contributed by atoms with Gasteiger partial charge in [-0.25, -0.2) is 9.18 Å². The third kappa shape index (κ3) is 6.33. The molecule has 1 atom stereocenters. The van der Waals surface area contributed by atoms with Crippen molar-refractivity contribution in [1.29, 1.82) is 0 Å². The van der Waals surface area contributed by atoms with Crippen molar-refractivity contribution in [2.24, 2.45) is 0 Å². The lowest BCUT2D eigenvalue weighted by molar-refractivity contribution is -0.130. The summed E-state index contributed by atoms with van der Waals surface area (Å²) in [5.74, 6) is -0.991. The van der Waals surface area contributed by atoms with Crippen LogP contribution in [0.15, 0.2) is 24.3 Å². The molecule has 126 valence electrons. The zero-order chi connectivity index (χ0) is 17.4. The van der Waals surface area contributed by atoms with E-state index in [-0.39, 0.29) is 24.9 Å². The van der Waals surface area contributed by atoms with Gasteiger partial charge < -0.3 is 20.9 Å². The molecule has 0 bridgehead atoms. The maximum atomic E-state index is 12.7. The summed E-state index contributed by atoms with van der Waals surface area (Å²) in [6.45, 7) is 1.99. The summed E-state index contributed by atoms with van der Waals surface area (Å²) in [4.78, 5) is 36.3. The largest absolute Gasteiger partial charge is 0.350 e. The second-order valence-corrected chi connectivity index (χ2v) is 5.12. The number of nitrogens with zero attached hydrogens (tertiary/aromatic N) is 1. The maximum Gasteiger partial charge on any atom is 0.315 e. The van der Waals surface area contributed by atoms with Crippen molar-refractivity contribution in [3.05, 3.63) is 35.6 Å². The van der Waals surface area contributed by atoms with Crippen LogP contribution in [0.4, 0.5) is 9.18 Å². The van der Waals surface area contributed by atoms with Crippen molar-refractivity contribution in [2.45, 2.75) is 13.0 Å². The summed E-state index contributed by atoms with van der Waals surface area (Å²) in [6.07, 6.45) is 0. The highest BCUT2D eigenvalue weighted by Gasteiger charge is 2.16. The van der Waals surface area contributed by atoms with Crippen LogP contribution < -0.4 is 16.0 Å². The highest BCUT2D eigenvalue weighted by molar-refractivity contribution is 5.94. The number of rotatable bonds is 6. The van der Waals surface area contributed by atoms with E-state index in [0.29, 0.717) is 5.56 Å². The van der Waals surface area contributed by atoms with Gasteiger partial charge in [0.25, 0.3) is 5.91 Å². The van der Waals surface area contributed by atoms with E-state index in [4.69, 9.17) is 0 Å². The Morgan fingerprint density at radius 3 is 2.22 bits per heavy atom. The molecule has 7 nitrogen and oxygen atoms in total. The van der Waals surface area contributed by atoms with Gasteiger partial charge in [0.1, 0.15) is 11.9 Å². The molecule has 0 radical (unpaired) electrons. The van der Waals surface area contributed by atoms with Crippen molar-refractivity contribution in [2.75, 3.05) is 27.2 Å². The van der Waals surface area contributed by atoms with Gasteiger partial charge in [0.05, 0.1) is 0 Å². The predicted octanol–water partition coefficient (Wildman–Crippen LogP) is 0.331. The lowest BCUT2D eigenvalue weighted by atomic mass is 10.2. The first kappa shape index (κ1) is 18.4. The highest BCUT2D eigenvalue weighted by Crippen LogP contribution is 2.01. The Labute approximate surface area is 134 Å². The summed E-state index contributed by atoms with van der Waals surface area (Å²) >= 11 is 0. The van der Waals surface area contributed by atoms with Gasteiger partial charge in [-0.15, -0.1) is 0 Å². The Hall–Kier alpha value is -2.64. The Morgan fingerprint density at radius 2 is 1.65 bits per heavy atom. The average Bonchev–Trinajstić information content (AvgIpc) is 2.51. The number of hydrogen-bond donors (Lipinski definition) is 3. The van der Waals surface area contributed by atoms with Crippen LogP contribution in [0.5, 0.6) is 0 Å². The quantitative estimate of drug-likeness (QED) is 0.659. The zero-order valence-electron chi connectivity index (χ0n) is 13.4. The molecule has 0 aliphatic rings. The fraction of sp³-hybridized carbons (Fsp3) is 0.400. The minimum absolute atomic E-state index is 0.196. The summed E-state index contributed by atoms with van der Waals surface area (Å²) < 4.78 is 12.7. The maximum absolute atomic E-state index is 12.7. The molecule has 0 saturated carbocycles. The van der Waals surface area contributed by atoms with Crippen LogP contribution in [-0.4, -0.2) is 56.0 Å². The Kier molecular flexibility index (Phi) is 6.98. The van der Waals surface area contributed by atoms with E-state index in [1.165, 1.54) is 29.2 Å². The zero-order valence-corrected chi connectivity index (χ0v) is 13.4. The third-order valence-corrected chi connectivity index (χ3v) is 2.96. The van der Waals surface area contributed by atoms with E-state index in [0.717, 1.165) is 0 Å². The molecule has 8 heteroatoms. The monoisotopic (exact) mass is 324 g/mol. The molecule has 0 spiro atoms. The van der Waals surface area contributed by atoms with Crippen LogP contribution in [0.3, 0.4) is 0 Å². The van der Waals surface area contributed by atoms with Crippen molar-refractivity contribution in [1.82, 2.24) is 20.9 Å². The third-order valence-electron chi connectivity index (χ3n) is 2.96. The number of carbonyl (C=O) groups excluding carboxylic acids is 3. The molecule has 1 aromatic carbocycles. The summed E-state index contributed by atoms with van der Waals surface area (Å²) in [5.41, 5.74) is 0.334. The van der Waals surface area contributed by atoms with Crippen LogP contribution in [0, 0.1) is 5.82 Å². The van der Waals surface area contributed by atoms with E-state index in [2.05, 4.69) is 16.0 Å². The minimum atomic E-state index is -0.640. The molecule has 1 rings (SSSR count). The standard InChI is InChI=1S/C15H21FN4O3/c1-10(14(22)20(2)3)19-15(23)18-9-8-17-13(21)11-4-6-12(16)7-5-11/h4-7,10H,8-9H2,1-3H3,(H,17,21)(H2,18,19,23)/t10-/m1/s1. The summed E-state index contributed by atoms with van der Waals surface area (Å²) in [6, 6.07) is 4.01. The lowest BCUT2D eigenvalue weighted by Crippen LogP contribution is -2.49. The van der Waals surface area contributed by atoms with E-state index in [1.807, 2.05) is 0 Å². The number of halogens is 1. The smallest absolute Gasteiger partial charge is 0.315 e. The molecule has 0 aliphatic heterocycles. The summed E-state index contributed by atoms with van der Waals surface area (Å²) in [7, 11) is 3.20. The number of carbonyl (C=O) groups is 3. The van der Waals surface area contributed by atoms with E-state index in [9.17, 15) is 18.8 Å². The minimum Gasteiger partial charge on any atom is -0.350 e. The van der Waals surface area contributed by atoms with Gasteiger partial charge in [-0.3, -0.25) is 9.59 Å². The second-order valence-electron chi connectivity index (χ2n) is 5.12. The second kappa shape index (κ2) is 8.72. The normalized spacial score (nSPS) is 11.3. The van der Waals surface area contributed by atoms with E-state index >= 15 is 0 Å². The first-order valence-corrected chi connectivity index (χ1v) is 7.10. The molecule has 0 aliphatic carbocycles. The number of amides is 4. The van der Waals surface area contributed by atoms with Gasteiger partial charge >= 0.3 is 6.03 Å². The molecule has 0 fully saturated rings. The molecule has 0 saturated heterocycles. The molecule has 3 N–H and O–H groups in total. The van der Waals surface area contributed by atoms with Gasteiger partial charge in [0, 0.05) is 32.7 Å². The van der Waals surface area contributed by atoms with Gasteiger partial charge in [0.15, 0.2) is 0 Å². The van der Waals surface area contributed by atoms with Crippen LogP contribution in [0.2, 0.25) is 0 Å². The van der Waals surface area contributed by atoms with Crippen molar-refractivity contribution >= 4 is 17.8 Å². The summed E-state index contributed by atoms with van der Waals surface area (Å²) in [5, 5.41) is 7.61. The molecule has 0 aromatic heterocycles. The molecule has 0 unspecified atom stereocenters. The van der Waals surface area contributed by atoms with Gasteiger partial charge in [-0.1, -0.05) is 0 Å². The lowest BCUT2D eigenvalue weighted by Gasteiger charge is -2.18. The number of likely N-dealkylation sites (N-methyl/N-ethyl adjacent to an activating group) is 1. The number of benzene rings is 1. The Bertz CT molecular complexity index is 560. The fourth-order valence-corrected chi connectivity index (χ4v) is 1.75. The van der Waals surface area contributed by atoms with Gasteiger partial charge in [-0.2, -0.15) is 0 Å². The fourth-order valence-electron chi connectivity index (χ4n) is 1.75. The predicted molar refractivity (Wildman–Crippen MR) is 83.4 cm³/mol. The molecule has 4 amide bonds. The van der Waals surface area contributed by atoms with Crippen molar-refractivity contribution in [3.8, 4) is 0 Å². The van der Waals surface area contributed by atoms with Crippen molar-refractivity contribution < 1.29 is 18.8 Å². The van der Waals surface area contributed by atoms with Crippen LogP contribution in [0.1, 0.15) is 17.3 Å². The van der Waals surface area contributed by atoms with Crippen LogP contribution in [-0.2, 0) is 4.79 Å². The number of hydrogen-bond acceptors (Lipinski definition) is 3. The topological polar surface area (TPSA) is 90.5 Å². The molecular formula is C15H21FN4O3. The highest BCUT2D eigenvalue weighted by atomic mass is 19.1. The first-order chi connectivity index (χ1) is 10.8. The van der Waals surface area contributed by atoms with E-state index < -0.39 is 17.9 Å². The number of urea groups is 1. The van der Waals surface area contributed by atoms with Crippen molar-refractivity contribution in [3.63, 3.8) is 0 Å². The molecule has 1 aromatic rings. The average molecular weight is 324 g/mol.